The Hall–Kier alpha value is -2.70. The van der Waals surface area contributed by atoms with Crippen molar-refractivity contribution in [3.63, 3.8) is 0 Å². The van der Waals surface area contributed by atoms with Gasteiger partial charge in [0, 0.05) is 12.4 Å². The van der Waals surface area contributed by atoms with E-state index < -0.39 is 17.7 Å². The molecule has 0 aliphatic rings. The standard InChI is InChI=1S/C16H19N3O4/c1-16(2,3)23-15(21)19(10-14(20)22-4)11-5-6-12-13(9-11)18-8-7-17-12/h5-9H,10H2,1-4H3. The smallest absolute Gasteiger partial charge is 0.415 e. The van der Waals surface area contributed by atoms with E-state index in [2.05, 4.69) is 14.7 Å². The number of ether oxygens (including phenoxy) is 2. The highest BCUT2D eigenvalue weighted by atomic mass is 16.6. The minimum Gasteiger partial charge on any atom is -0.468 e. The summed E-state index contributed by atoms with van der Waals surface area (Å²) in [4.78, 5) is 33.6. The average molecular weight is 317 g/mol. The number of fused-ring (bicyclic) bond motifs is 1. The average Bonchev–Trinajstić information content (AvgIpc) is 2.50. The normalized spacial score (nSPS) is 11.1. The lowest BCUT2D eigenvalue weighted by Crippen LogP contribution is -2.40. The van der Waals surface area contributed by atoms with Crippen LogP contribution in [0.25, 0.3) is 11.0 Å². The molecule has 0 atom stereocenters. The number of hydrogen-bond donors (Lipinski definition) is 0. The molecular weight excluding hydrogens is 298 g/mol. The van der Waals surface area contributed by atoms with E-state index in [-0.39, 0.29) is 6.54 Å². The van der Waals surface area contributed by atoms with Crippen LogP contribution in [0.2, 0.25) is 0 Å². The molecular formula is C16H19N3O4. The van der Waals surface area contributed by atoms with Gasteiger partial charge in [0.2, 0.25) is 0 Å². The number of amides is 1. The summed E-state index contributed by atoms with van der Waals surface area (Å²) in [7, 11) is 1.27. The molecule has 1 heterocycles. The number of carbonyl (C=O) groups is 2. The lowest BCUT2D eigenvalue weighted by atomic mass is 10.2. The molecule has 1 aromatic carbocycles. The van der Waals surface area contributed by atoms with Crippen LogP contribution in [0.3, 0.4) is 0 Å². The molecule has 0 saturated heterocycles. The van der Waals surface area contributed by atoms with E-state index in [1.165, 1.54) is 12.0 Å². The van der Waals surface area contributed by atoms with Crippen LogP contribution in [-0.2, 0) is 14.3 Å². The molecule has 122 valence electrons. The molecule has 0 aliphatic carbocycles. The minimum absolute atomic E-state index is 0.253. The summed E-state index contributed by atoms with van der Waals surface area (Å²) >= 11 is 0. The van der Waals surface area contributed by atoms with Gasteiger partial charge in [0.05, 0.1) is 23.8 Å². The predicted octanol–water partition coefficient (Wildman–Crippen LogP) is 2.54. The predicted molar refractivity (Wildman–Crippen MR) is 85.1 cm³/mol. The van der Waals surface area contributed by atoms with E-state index in [0.717, 1.165) is 0 Å². The maximum absolute atomic E-state index is 12.4. The maximum atomic E-state index is 12.4. The fraction of sp³-hybridized carbons (Fsp3) is 0.375. The van der Waals surface area contributed by atoms with Crippen molar-refractivity contribution < 1.29 is 19.1 Å². The number of carbonyl (C=O) groups excluding carboxylic acids is 2. The number of nitrogens with zero attached hydrogens (tertiary/aromatic N) is 3. The molecule has 7 heteroatoms. The number of methoxy groups -OCH3 is 1. The van der Waals surface area contributed by atoms with Crippen molar-refractivity contribution >= 4 is 28.8 Å². The Morgan fingerprint density at radius 1 is 1.13 bits per heavy atom. The van der Waals surface area contributed by atoms with Crippen molar-refractivity contribution in [2.75, 3.05) is 18.6 Å². The Labute approximate surface area is 134 Å². The zero-order valence-electron chi connectivity index (χ0n) is 13.6. The second-order valence-corrected chi connectivity index (χ2v) is 5.87. The molecule has 2 rings (SSSR count). The number of hydrogen-bond acceptors (Lipinski definition) is 6. The van der Waals surface area contributed by atoms with Gasteiger partial charge in [-0.2, -0.15) is 0 Å². The highest BCUT2D eigenvalue weighted by molar-refractivity contribution is 5.95. The van der Waals surface area contributed by atoms with Crippen LogP contribution in [0, 0.1) is 0 Å². The van der Waals surface area contributed by atoms with Crippen LogP contribution in [0.5, 0.6) is 0 Å². The van der Waals surface area contributed by atoms with E-state index in [0.29, 0.717) is 16.7 Å². The molecule has 1 aromatic heterocycles. The summed E-state index contributed by atoms with van der Waals surface area (Å²) in [5.41, 5.74) is 1.11. The van der Waals surface area contributed by atoms with Crippen molar-refractivity contribution in [2.24, 2.45) is 0 Å². The van der Waals surface area contributed by atoms with Crippen LogP contribution >= 0.6 is 0 Å². The first-order valence-corrected chi connectivity index (χ1v) is 7.08. The van der Waals surface area contributed by atoms with Crippen LogP contribution in [0.15, 0.2) is 30.6 Å². The molecule has 0 saturated carbocycles. The summed E-state index contributed by atoms with van der Waals surface area (Å²) in [5, 5.41) is 0. The first-order chi connectivity index (χ1) is 10.8. The Morgan fingerprint density at radius 3 is 2.39 bits per heavy atom. The molecule has 7 nitrogen and oxygen atoms in total. The molecule has 0 spiro atoms. The van der Waals surface area contributed by atoms with Gasteiger partial charge in [-0.3, -0.25) is 19.7 Å². The van der Waals surface area contributed by atoms with Crippen molar-refractivity contribution in [2.45, 2.75) is 26.4 Å². The molecule has 0 N–H and O–H groups in total. The highest BCUT2D eigenvalue weighted by Crippen LogP contribution is 2.22. The quantitative estimate of drug-likeness (QED) is 0.809. The van der Waals surface area contributed by atoms with Gasteiger partial charge < -0.3 is 9.47 Å². The summed E-state index contributed by atoms with van der Waals surface area (Å²) in [6, 6.07) is 5.09. The number of aromatic nitrogens is 2. The van der Waals surface area contributed by atoms with E-state index >= 15 is 0 Å². The lowest BCUT2D eigenvalue weighted by molar-refractivity contribution is -0.139. The van der Waals surface area contributed by atoms with E-state index in [1.807, 2.05) is 0 Å². The summed E-state index contributed by atoms with van der Waals surface area (Å²) < 4.78 is 10.0. The van der Waals surface area contributed by atoms with Gasteiger partial charge in [-0.1, -0.05) is 0 Å². The van der Waals surface area contributed by atoms with Crippen LogP contribution < -0.4 is 4.90 Å². The highest BCUT2D eigenvalue weighted by Gasteiger charge is 2.26. The maximum Gasteiger partial charge on any atom is 0.415 e. The van der Waals surface area contributed by atoms with Crippen molar-refractivity contribution in [3.05, 3.63) is 30.6 Å². The zero-order chi connectivity index (χ0) is 17.0. The second kappa shape index (κ2) is 6.60. The Bertz CT molecular complexity index is 725. The lowest BCUT2D eigenvalue weighted by Gasteiger charge is -2.26. The fourth-order valence-corrected chi connectivity index (χ4v) is 1.89. The van der Waals surface area contributed by atoms with Crippen molar-refractivity contribution in [1.82, 2.24) is 9.97 Å². The van der Waals surface area contributed by atoms with Crippen molar-refractivity contribution in [3.8, 4) is 0 Å². The number of rotatable bonds is 3. The number of anilines is 1. The van der Waals surface area contributed by atoms with E-state index in [1.54, 1.807) is 51.4 Å². The van der Waals surface area contributed by atoms with Crippen LogP contribution in [0.4, 0.5) is 10.5 Å². The second-order valence-electron chi connectivity index (χ2n) is 5.87. The molecule has 0 radical (unpaired) electrons. The third-order valence-corrected chi connectivity index (χ3v) is 2.89. The zero-order valence-corrected chi connectivity index (χ0v) is 13.6. The first kappa shape index (κ1) is 16.7. The molecule has 2 aromatic rings. The Morgan fingerprint density at radius 2 is 1.78 bits per heavy atom. The van der Waals surface area contributed by atoms with Gasteiger partial charge in [-0.25, -0.2) is 4.79 Å². The van der Waals surface area contributed by atoms with Crippen LogP contribution in [0.1, 0.15) is 20.8 Å². The van der Waals surface area contributed by atoms with Gasteiger partial charge >= 0.3 is 12.1 Å². The third-order valence-electron chi connectivity index (χ3n) is 2.89. The molecule has 23 heavy (non-hydrogen) atoms. The molecule has 0 unspecified atom stereocenters. The monoisotopic (exact) mass is 317 g/mol. The SMILES string of the molecule is COC(=O)CN(C(=O)OC(C)(C)C)c1ccc2nccnc2c1. The molecule has 0 aliphatic heterocycles. The largest absolute Gasteiger partial charge is 0.468 e. The number of benzene rings is 1. The summed E-state index contributed by atoms with van der Waals surface area (Å²) in [5.74, 6) is -0.546. The van der Waals surface area contributed by atoms with E-state index in [9.17, 15) is 9.59 Å². The molecule has 1 amide bonds. The van der Waals surface area contributed by atoms with Gasteiger partial charge in [-0.05, 0) is 39.0 Å². The summed E-state index contributed by atoms with van der Waals surface area (Å²) in [6.07, 6.45) is 2.51. The van der Waals surface area contributed by atoms with Crippen molar-refractivity contribution in [1.29, 1.82) is 0 Å². The van der Waals surface area contributed by atoms with Gasteiger partial charge in [0.15, 0.2) is 0 Å². The van der Waals surface area contributed by atoms with Gasteiger partial charge in [0.25, 0.3) is 0 Å². The molecule has 0 fully saturated rings. The van der Waals surface area contributed by atoms with Gasteiger partial charge in [0.1, 0.15) is 12.1 Å². The minimum atomic E-state index is -0.678. The molecule has 0 bridgehead atoms. The van der Waals surface area contributed by atoms with Crippen LogP contribution in [-0.4, -0.2) is 41.3 Å². The van der Waals surface area contributed by atoms with E-state index in [4.69, 9.17) is 4.74 Å². The number of esters is 1. The topological polar surface area (TPSA) is 81.6 Å². The third kappa shape index (κ3) is 4.38. The Balaban J connectivity index is 2.37. The first-order valence-electron chi connectivity index (χ1n) is 7.08. The Kier molecular flexibility index (Phi) is 4.78. The summed E-state index contributed by atoms with van der Waals surface area (Å²) in [6.45, 7) is 5.02. The fourth-order valence-electron chi connectivity index (χ4n) is 1.89. The van der Waals surface area contributed by atoms with Gasteiger partial charge in [-0.15, -0.1) is 0 Å².